The Labute approximate surface area is 145 Å². The van der Waals surface area contributed by atoms with E-state index in [4.69, 9.17) is 0 Å². The zero-order chi connectivity index (χ0) is 16.4. The Hall–Kier alpha value is -1.92. The highest BCUT2D eigenvalue weighted by Crippen LogP contribution is 2.27. The molecule has 1 aliphatic heterocycles. The third-order valence-corrected chi connectivity index (χ3v) is 4.37. The van der Waals surface area contributed by atoms with Crippen LogP contribution >= 0.6 is 12.4 Å². The van der Waals surface area contributed by atoms with Crippen LogP contribution in [0.25, 0.3) is 0 Å². The fraction of sp³-hybridized carbons (Fsp3) is 0.353. The standard InChI is InChI=1S/C17H19F2N3O.ClH/c1-10-12(5-7-21-10)17(23)22-16-9-20-6-4-13(16)11-2-3-14(18)15(19)8-11;/h2-3,5,7-8,13,16,20-21H,4,6,9H2,1H3,(H,22,23);1H. The van der Waals surface area contributed by atoms with Gasteiger partial charge in [-0.3, -0.25) is 4.79 Å². The van der Waals surface area contributed by atoms with Gasteiger partial charge in [-0.25, -0.2) is 8.78 Å². The van der Waals surface area contributed by atoms with Gasteiger partial charge in [0.15, 0.2) is 11.6 Å². The molecule has 7 heteroatoms. The van der Waals surface area contributed by atoms with Crippen molar-refractivity contribution in [3.8, 4) is 0 Å². The molecule has 1 aromatic carbocycles. The first-order valence-corrected chi connectivity index (χ1v) is 7.67. The smallest absolute Gasteiger partial charge is 0.253 e. The molecule has 1 saturated heterocycles. The van der Waals surface area contributed by atoms with E-state index in [2.05, 4.69) is 15.6 Å². The summed E-state index contributed by atoms with van der Waals surface area (Å²) in [5.74, 6) is -1.92. The van der Waals surface area contributed by atoms with Crippen LogP contribution in [-0.2, 0) is 0 Å². The van der Waals surface area contributed by atoms with Crippen molar-refractivity contribution in [2.45, 2.75) is 25.3 Å². The molecule has 1 aromatic heterocycles. The van der Waals surface area contributed by atoms with Crippen molar-refractivity contribution in [3.05, 3.63) is 58.9 Å². The SMILES string of the molecule is Cc1[nH]ccc1C(=O)NC1CNCCC1c1ccc(F)c(F)c1.Cl. The molecule has 2 aromatic rings. The average Bonchev–Trinajstić information content (AvgIpc) is 2.97. The van der Waals surface area contributed by atoms with E-state index < -0.39 is 11.6 Å². The van der Waals surface area contributed by atoms with Gasteiger partial charge in [-0.2, -0.15) is 0 Å². The molecule has 1 aliphatic rings. The van der Waals surface area contributed by atoms with E-state index >= 15 is 0 Å². The van der Waals surface area contributed by atoms with Crippen LogP contribution in [0.3, 0.4) is 0 Å². The van der Waals surface area contributed by atoms with Crippen LogP contribution in [0.5, 0.6) is 0 Å². The van der Waals surface area contributed by atoms with Gasteiger partial charge >= 0.3 is 0 Å². The number of rotatable bonds is 3. The van der Waals surface area contributed by atoms with Gasteiger partial charge in [0.05, 0.1) is 5.56 Å². The van der Waals surface area contributed by atoms with E-state index in [1.165, 1.54) is 6.07 Å². The number of H-pyrrole nitrogens is 1. The molecule has 4 nitrogen and oxygen atoms in total. The highest BCUT2D eigenvalue weighted by Gasteiger charge is 2.29. The fourth-order valence-electron chi connectivity index (χ4n) is 3.10. The number of halogens is 3. The molecule has 0 bridgehead atoms. The molecule has 3 N–H and O–H groups in total. The fourth-order valence-corrected chi connectivity index (χ4v) is 3.10. The van der Waals surface area contributed by atoms with Crippen LogP contribution in [0.15, 0.2) is 30.5 Å². The van der Waals surface area contributed by atoms with E-state index in [9.17, 15) is 13.6 Å². The summed E-state index contributed by atoms with van der Waals surface area (Å²) in [5, 5.41) is 6.24. The zero-order valence-electron chi connectivity index (χ0n) is 13.2. The lowest BCUT2D eigenvalue weighted by atomic mass is 9.86. The second kappa shape index (κ2) is 7.77. The Morgan fingerprint density at radius 3 is 2.71 bits per heavy atom. The second-order valence-electron chi connectivity index (χ2n) is 5.87. The number of aromatic nitrogens is 1. The molecule has 2 heterocycles. The topological polar surface area (TPSA) is 56.9 Å². The number of aryl methyl sites for hydroxylation is 1. The Balaban J connectivity index is 0.00000208. The lowest BCUT2D eigenvalue weighted by Crippen LogP contribution is -2.50. The number of hydrogen-bond acceptors (Lipinski definition) is 2. The molecule has 1 fully saturated rings. The molecular formula is C17H20ClF2N3O. The predicted molar refractivity (Wildman–Crippen MR) is 90.6 cm³/mol. The van der Waals surface area contributed by atoms with Gasteiger partial charge in [0.25, 0.3) is 5.91 Å². The van der Waals surface area contributed by atoms with Crippen LogP contribution in [-0.4, -0.2) is 30.0 Å². The number of hydrogen-bond donors (Lipinski definition) is 3. The molecule has 0 radical (unpaired) electrons. The van der Waals surface area contributed by atoms with E-state index in [-0.39, 0.29) is 30.3 Å². The summed E-state index contributed by atoms with van der Waals surface area (Å²) in [6, 6.07) is 5.52. The summed E-state index contributed by atoms with van der Waals surface area (Å²) >= 11 is 0. The van der Waals surface area contributed by atoms with Crippen LogP contribution < -0.4 is 10.6 Å². The Bertz CT molecular complexity index is 720. The van der Waals surface area contributed by atoms with Gasteiger partial charge in [-0.1, -0.05) is 6.07 Å². The Morgan fingerprint density at radius 1 is 1.25 bits per heavy atom. The number of nitrogens with one attached hydrogen (secondary N) is 3. The largest absolute Gasteiger partial charge is 0.365 e. The maximum Gasteiger partial charge on any atom is 0.253 e. The Morgan fingerprint density at radius 2 is 2.04 bits per heavy atom. The molecule has 130 valence electrons. The molecule has 2 atom stereocenters. The second-order valence-corrected chi connectivity index (χ2v) is 5.87. The van der Waals surface area contributed by atoms with Gasteiger partial charge in [-0.15, -0.1) is 12.4 Å². The average molecular weight is 356 g/mol. The lowest BCUT2D eigenvalue weighted by Gasteiger charge is -2.33. The number of benzene rings is 1. The van der Waals surface area contributed by atoms with Crippen molar-refractivity contribution in [3.63, 3.8) is 0 Å². The van der Waals surface area contributed by atoms with Crippen LogP contribution in [0.2, 0.25) is 0 Å². The van der Waals surface area contributed by atoms with Crippen LogP contribution in [0, 0.1) is 18.6 Å². The highest BCUT2D eigenvalue weighted by atomic mass is 35.5. The summed E-state index contributed by atoms with van der Waals surface area (Å²) in [6.07, 6.45) is 2.47. The van der Waals surface area contributed by atoms with Crippen molar-refractivity contribution in [2.24, 2.45) is 0 Å². The molecular weight excluding hydrogens is 336 g/mol. The van der Waals surface area contributed by atoms with Gasteiger partial charge in [0.2, 0.25) is 0 Å². The van der Waals surface area contributed by atoms with Crippen LogP contribution in [0.4, 0.5) is 8.78 Å². The van der Waals surface area contributed by atoms with Gasteiger partial charge < -0.3 is 15.6 Å². The first-order valence-electron chi connectivity index (χ1n) is 7.67. The first-order chi connectivity index (χ1) is 11.1. The minimum atomic E-state index is -0.855. The minimum Gasteiger partial charge on any atom is -0.365 e. The summed E-state index contributed by atoms with van der Waals surface area (Å²) in [6.45, 7) is 3.21. The quantitative estimate of drug-likeness (QED) is 0.793. The van der Waals surface area contributed by atoms with E-state index in [1.54, 1.807) is 18.3 Å². The van der Waals surface area contributed by atoms with Crippen molar-refractivity contribution in [1.29, 1.82) is 0 Å². The number of amides is 1. The molecule has 2 unspecified atom stereocenters. The maximum atomic E-state index is 13.5. The van der Waals surface area contributed by atoms with E-state index in [0.29, 0.717) is 17.7 Å². The van der Waals surface area contributed by atoms with Gasteiger partial charge in [0.1, 0.15) is 0 Å². The van der Waals surface area contributed by atoms with E-state index in [0.717, 1.165) is 24.7 Å². The van der Waals surface area contributed by atoms with Gasteiger partial charge in [-0.05, 0) is 43.7 Å². The lowest BCUT2D eigenvalue weighted by molar-refractivity contribution is 0.0924. The number of piperidine rings is 1. The third-order valence-electron chi connectivity index (χ3n) is 4.37. The Kier molecular flexibility index (Phi) is 5.96. The van der Waals surface area contributed by atoms with Crippen molar-refractivity contribution >= 4 is 18.3 Å². The number of carbonyl (C=O) groups is 1. The monoisotopic (exact) mass is 355 g/mol. The molecule has 3 rings (SSSR count). The first kappa shape index (κ1) is 18.4. The molecule has 24 heavy (non-hydrogen) atoms. The molecule has 0 saturated carbocycles. The number of aromatic amines is 1. The van der Waals surface area contributed by atoms with E-state index in [1.807, 2.05) is 6.92 Å². The summed E-state index contributed by atoms with van der Waals surface area (Å²) < 4.78 is 26.7. The molecule has 1 amide bonds. The van der Waals surface area contributed by atoms with Crippen molar-refractivity contribution in [1.82, 2.24) is 15.6 Å². The molecule has 0 spiro atoms. The summed E-state index contributed by atoms with van der Waals surface area (Å²) in [4.78, 5) is 15.4. The maximum absolute atomic E-state index is 13.5. The zero-order valence-corrected chi connectivity index (χ0v) is 14.1. The number of carbonyl (C=O) groups excluding carboxylic acids is 1. The summed E-state index contributed by atoms with van der Waals surface area (Å²) in [7, 11) is 0. The normalized spacial score (nSPS) is 20.3. The predicted octanol–water partition coefficient (Wildman–Crippen LogP) is 2.90. The van der Waals surface area contributed by atoms with Crippen molar-refractivity contribution < 1.29 is 13.6 Å². The van der Waals surface area contributed by atoms with Gasteiger partial charge in [0, 0.05) is 30.4 Å². The molecule has 0 aliphatic carbocycles. The third kappa shape index (κ3) is 3.76. The summed E-state index contributed by atoms with van der Waals surface area (Å²) in [5.41, 5.74) is 2.11. The minimum absolute atomic E-state index is 0. The van der Waals surface area contributed by atoms with Crippen molar-refractivity contribution in [2.75, 3.05) is 13.1 Å². The van der Waals surface area contributed by atoms with Crippen LogP contribution in [0.1, 0.15) is 34.0 Å². The highest BCUT2D eigenvalue weighted by molar-refractivity contribution is 5.95.